The van der Waals surface area contributed by atoms with Crippen LogP contribution in [0.2, 0.25) is 0 Å². The van der Waals surface area contributed by atoms with Crippen LogP contribution in [0.5, 0.6) is 0 Å². The molecule has 0 aromatic carbocycles. The van der Waals surface area contributed by atoms with Crippen LogP contribution in [-0.2, 0) is 9.59 Å². The number of carbonyl (C=O) groups excluding carboxylic acids is 1. The van der Waals surface area contributed by atoms with Gasteiger partial charge in [-0.2, -0.15) is 0 Å². The van der Waals surface area contributed by atoms with Gasteiger partial charge in [0.25, 0.3) is 0 Å². The molecule has 0 saturated carbocycles. The zero-order valence-electron chi connectivity index (χ0n) is 9.12. The maximum atomic E-state index is 11.7. The van der Waals surface area contributed by atoms with Crippen molar-refractivity contribution < 1.29 is 14.7 Å². The molecule has 0 radical (unpaired) electrons. The fourth-order valence-corrected chi connectivity index (χ4v) is 1.83. The Morgan fingerprint density at radius 3 is 2.73 bits per heavy atom. The van der Waals surface area contributed by atoms with Crippen LogP contribution in [0.1, 0.15) is 26.7 Å². The second-order valence-corrected chi connectivity index (χ2v) is 4.21. The lowest BCUT2D eigenvalue weighted by Gasteiger charge is -2.18. The quantitative estimate of drug-likeness (QED) is 0.614. The monoisotopic (exact) mass is 214 g/mol. The topological polar surface area (TPSA) is 78.4 Å². The number of rotatable bonds is 4. The first-order valence-corrected chi connectivity index (χ1v) is 5.26. The number of hydrogen-bond donors (Lipinski definition) is 3. The summed E-state index contributed by atoms with van der Waals surface area (Å²) in [5, 5.41) is 14.4. The Balaban J connectivity index is 2.37. The van der Waals surface area contributed by atoms with E-state index in [0.717, 1.165) is 13.0 Å². The number of aliphatic carboxylic acids is 1. The van der Waals surface area contributed by atoms with E-state index < -0.39 is 5.97 Å². The van der Waals surface area contributed by atoms with E-state index in [9.17, 15) is 9.59 Å². The van der Waals surface area contributed by atoms with Gasteiger partial charge in [-0.3, -0.25) is 9.59 Å². The van der Waals surface area contributed by atoms with E-state index in [4.69, 9.17) is 5.11 Å². The molecule has 1 heterocycles. The summed E-state index contributed by atoms with van der Waals surface area (Å²) in [4.78, 5) is 22.1. The van der Waals surface area contributed by atoms with Crippen LogP contribution in [0.3, 0.4) is 0 Å². The first-order chi connectivity index (χ1) is 7.00. The van der Waals surface area contributed by atoms with Gasteiger partial charge in [0, 0.05) is 6.04 Å². The third-order valence-corrected chi connectivity index (χ3v) is 2.68. The van der Waals surface area contributed by atoms with Gasteiger partial charge >= 0.3 is 5.97 Å². The highest BCUT2D eigenvalue weighted by atomic mass is 16.4. The van der Waals surface area contributed by atoms with E-state index in [0.29, 0.717) is 5.92 Å². The van der Waals surface area contributed by atoms with Gasteiger partial charge in [0.2, 0.25) is 5.91 Å². The molecule has 0 spiro atoms. The molecule has 5 nitrogen and oxygen atoms in total. The highest BCUT2D eigenvalue weighted by molar-refractivity contribution is 5.83. The van der Waals surface area contributed by atoms with Crippen LogP contribution in [0.25, 0.3) is 0 Å². The summed E-state index contributed by atoms with van der Waals surface area (Å²) >= 11 is 0. The highest BCUT2D eigenvalue weighted by Gasteiger charge is 2.29. The highest BCUT2D eigenvalue weighted by Crippen LogP contribution is 2.14. The van der Waals surface area contributed by atoms with Gasteiger partial charge in [0.1, 0.15) is 0 Å². The van der Waals surface area contributed by atoms with Crippen molar-refractivity contribution in [2.24, 2.45) is 5.92 Å². The third-order valence-electron chi connectivity index (χ3n) is 2.68. The van der Waals surface area contributed by atoms with Crippen molar-refractivity contribution in [1.82, 2.24) is 10.6 Å². The Bertz CT molecular complexity index is 255. The first kappa shape index (κ1) is 12.0. The van der Waals surface area contributed by atoms with E-state index in [1.165, 1.54) is 0 Å². The summed E-state index contributed by atoms with van der Waals surface area (Å²) in [6, 6.07) is -0.481. The molecule has 1 aliphatic rings. The van der Waals surface area contributed by atoms with Crippen molar-refractivity contribution in [3.05, 3.63) is 0 Å². The number of carboxylic acid groups (broad SMARTS) is 1. The molecular weight excluding hydrogens is 196 g/mol. The number of amides is 1. The SMILES string of the molecule is CC(CC(=O)O)NC(=O)C1NCCC1C. The Labute approximate surface area is 89.2 Å². The number of nitrogens with one attached hydrogen (secondary N) is 2. The molecule has 86 valence electrons. The second kappa shape index (κ2) is 5.11. The molecule has 15 heavy (non-hydrogen) atoms. The molecule has 0 aromatic heterocycles. The molecule has 3 unspecified atom stereocenters. The van der Waals surface area contributed by atoms with Crippen LogP contribution in [0.15, 0.2) is 0 Å². The van der Waals surface area contributed by atoms with E-state index >= 15 is 0 Å². The lowest BCUT2D eigenvalue weighted by Crippen LogP contribution is -2.46. The normalized spacial score (nSPS) is 27.3. The lowest BCUT2D eigenvalue weighted by atomic mass is 10.0. The summed E-state index contributed by atoms with van der Waals surface area (Å²) in [7, 11) is 0. The predicted molar refractivity (Wildman–Crippen MR) is 55.4 cm³/mol. The summed E-state index contributed by atoms with van der Waals surface area (Å²) in [5.74, 6) is -0.661. The van der Waals surface area contributed by atoms with Crippen molar-refractivity contribution in [2.45, 2.75) is 38.8 Å². The molecule has 1 rings (SSSR count). The van der Waals surface area contributed by atoms with Crippen LogP contribution < -0.4 is 10.6 Å². The average Bonchev–Trinajstić information content (AvgIpc) is 2.49. The van der Waals surface area contributed by atoms with Crippen molar-refractivity contribution in [1.29, 1.82) is 0 Å². The lowest BCUT2D eigenvalue weighted by molar-refractivity contribution is -0.137. The summed E-state index contributed by atoms with van der Waals surface area (Å²) in [6.45, 7) is 4.57. The maximum Gasteiger partial charge on any atom is 0.305 e. The predicted octanol–water partition coefficient (Wildman–Crippen LogP) is -0.0362. The van der Waals surface area contributed by atoms with Crippen molar-refractivity contribution in [3.63, 3.8) is 0 Å². The smallest absolute Gasteiger partial charge is 0.305 e. The van der Waals surface area contributed by atoms with Gasteiger partial charge in [-0.05, 0) is 25.8 Å². The van der Waals surface area contributed by atoms with Gasteiger partial charge in [-0.15, -0.1) is 0 Å². The maximum absolute atomic E-state index is 11.7. The van der Waals surface area contributed by atoms with E-state index in [1.54, 1.807) is 6.92 Å². The van der Waals surface area contributed by atoms with E-state index in [-0.39, 0.29) is 24.4 Å². The van der Waals surface area contributed by atoms with Crippen LogP contribution in [-0.4, -0.2) is 35.6 Å². The van der Waals surface area contributed by atoms with Crippen LogP contribution in [0, 0.1) is 5.92 Å². The van der Waals surface area contributed by atoms with Gasteiger partial charge in [-0.1, -0.05) is 6.92 Å². The number of carboxylic acids is 1. The summed E-state index contributed by atoms with van der Waals surface area (Å²) in [5.41, 5.74) is 0. The van der Waals surface area contributed by atoms with Crippen LogP contribution >= 0.6 is 0 Å². The fraction of sp³-hybridized carbons (Fsp3) is 0.800. The number of hydrogen-bond acceptors (Lipinski definition) is 3. The average molecular weight is 214 g/mol. The molecule has 5 heteroatoms. The Kier molecular flexibility index (Phi) is 4.08. The summed E-state index contributed by atoms with van der Waals surface area (Å²) < 4.78 is 0. The van der Waals surface area contributed by atoms with Crippen molar-refractivity contribution in [3.8, 4) is 0 Å². The zero-order valence-corrected chi connectivity index (χ0v) is 9.12. The van der Waals surface area contributed by atoms with Gasteiger partial charge < -0.3 is 15.7 Å². The Morgan fingerprint density at radius 1 is 1.60 bits per heavy atom. The Morgan fingerprint density at radius 2 is 2.27 bits per heavy atom. The van der Waals surface area contributed by atoms with E-state index in [2.05, 4.69) is 10.6 Å². The molecule has 3 atom stereocenters. The van der Waals surface area contributed by atoms with Gasteiger partial charge in [0.05, 0.1) is 12.5 Å². The Hall–Kier alpha value is -1.10. The molecule has 1 saturated heterocycles. The van der Waals surface area contributed by atoms with Gasteiger partial charge in [0.15, 0.2) is 0 Å². The minimum Gasteiger partial charge on any atom is -0.481 e. The molecule has 3 N–H and O–H groups in total. The standard InChI is InChI=1S/C10H18N2O3/c1-6-3-4-11-9(6)10(15)12-7(2)5-8(13)14/h6-7,9,11H,3-5H2,1-2H3,(H,12,15)(H,13,14). The van der Waals surface area contributed by atoms with Crippen molar-refractivity contribution >= 4 is 11.9 Å². The molecule has 1 fully saturated rings. The second-order valence-electron chi connectivity index (χ2n) is 4.21. The molecule has 0 aromatic rings. The van der Waals surface area contributed by atoms with Crippen LogP contribution in [0.4, 0.5) is 0 Å². The molecule has 1 aliphatic heterocycles. The fourth-order valence-electron chi connectivity index (χ4n) is 1.83. The first-order valence-electron chi connectivity index (χ1n) is 5.26. The largest absolute Gasteiger partial charge is 0.481 e. The molecule has 0 bridgehead atoms. The van der Waals surface area contributed by atoms with Gasteiger partial charge in [-0.25, -0.2) is 0 Å². The van der Waals surface area contributed by atoms with E-state index in [1.807, 2.05) is 6.92 Å². The number of carbonyl (C=O) groups is 2. The molecular formula is C10H18N2O3. The van der Waals surface area contributed by atoms with Crippen molar-refractivity contribution in [2.75, 3.05) is 6.54 Å². The molecule has 0 aliphatic carbocycles. The zero-order chi connectivity index (χ0) is 11.4. The third kappa shape index (κ3) is 3.51. The minimum atomic E-state index is -0.893. The molecule has 1 amide bonds. The summed E-state index contributed by atoms with van der Waals surface area (Å²) in [6.07, 6.45) is 0.957. The minimum absolute atomic E-state index is 0.0349.